The van der Waals surface area contributed by atoms with Crippen LogP contribution in [0.5, 0.6) is 5.88 Å². The maximum Gasteiger partial charge on any atom is 0.245 e. The van der Waals surface area contributed by atoms with Gasteiger partial charge in [-0.3, -0.25) is 9.89 Å². The summed E-state index contributed by atoms with van der Waals surface area (Å²) in [6, 6.07) is 0. The molecule has 9 heteroatoms. The number of fused-ring (bicyclic) bond motifs is 1. The van der Waals surface area contributed by atoms with Crippen molar-refractivity contribution < 1.29 is 9.53 Å². The van der Waals surface area contributed by atoms with E-state index in [0.717, 1.165) is 24.2 Å². The van der Waals surface area contributed by atoms with Crippen LogP contribution in [0.25, 0.3) is 22.6 Å². The first-order chi connectivity index (χ1) is 12.6. The van der Waals surface area contributed by atoms with E-state index in [1.54, 1.807) is 17.3 Å². The summed E-state index contributed by atoms with van der Waals surface area (Å²) >= 11 is 0. The van der Waals surface area contributed by atoms with Crippen LogP contribution in [0.4, 0.5) is 0 Å². The van der Waals surface area contributed by atoms with Gasteiger partial charge in [0, 0.05) is 32.1 Å². The molecule has 134 valence electrons. The van der Waals surface area contributed by atoms with E-state index in [1.165, 1.54) is 6.08 Å². The minimum absolute atomic E-state index is 0.00348. The summed E-state index contributed by atoms with van der Waals surface area (Å²) in [7, 11) is 0. The van der Waals surface area contributed by atoms with Crippen LogP contribution < -0.4 is 4.74 Å². The number of ether oxygens (including phenoxy) is 1. The van der Waals surface area contributed by atoms with Crippen LogP contribution in [0.1, 0.15) is 18.7 Å². The number of aromatic amines is 2. The van der Waals surface area contributed by atoms with E-state index < -0.39 is 0 Å². The average molecular weight is 353 g/mol. The first-order valence-corrected chi connectivity index (χ1v) is 8.45. The fourth-order valence-corrected chi connectivity index (χ4v) is 3.06. The molecule has 1 aliphatic rings. The fourth-order valence-electron chi connectivity index (χ4n) is 3.06. The fraction of sp³-hybridized carbons (Fsp3) is 0.353. The van der Waals surface area contributed by atoms with Gasteiger partial charge >= 0.3 is 0 Å². The third kappa shape index (κ3) is 3.03. The zero-order chi connectivity index (χ0) is 18.1. The summed E-state index contributed by atoms with van der Waals surface area (Å²) < 4.78 is 5.99. The lowest BCUT2D eigenvalue weighted by Crippen LogP contribution is -2.41. The molecule has 1 aliphatic heterocycles. The lowest BCUT2D eigenvalue weighted by atomic mass is 10.1. The van der Waals surface area contributed by atoms with Gasteiger partial charge in [0.15, 0.2) is 11.5 Å². The zero-order valence-corrected chi connectivity index (χ0v) is 14.4. The lowest BCUT2D eigenvalue weighted by molar-refractivity contribution is -0.127. The predicted molar refractivity (Wildman–Crippen MR) is 94.4 cm³/mol. The Kier molecular flexibility index (Phi) is 4.11. The Balaban J connectivity index is 1.51. The largest absolute Gasteiger partial charge is 0.473 e. The molecule has 9 nitrogen and oxygen atoms in total. The predicted octanol–water partition coefficient (Wildman–Crippen LogP) is 1.61. The van der Waals surface area contributed by atoms with Gasteiger partial charge in [-0.2, -0.15) is 5.10 Å². The number of aromatic nitrogens is 6. The number of amides is 1. The van der Waals surface area contributed by atoms with Crippen LogP contribution in [-0.2, 0) is 4.79 Å². The van der Waals surface area contributed by atoms with E-state index in [9.17, 15) is 4.79 Å². The number of hydrogen-bond donors (Lipinski definition) is 2. The first-order valence-electron chi connectivity index (χ1n) is 8.45. The SMILES string of the molecule is C=CC(=O)N1CCC(Oc2cnc3[nH]cc(-c4n[nH]c(C)n4)c3n2)CC1. The van der Waals surface area contributed by atoms with Crippen molar-refractivity contribution >= 4 is 17.1 Å². The molecular formula is C17H19N7O2. The van der Waals surface area contributed by atoms with Crippen LogP contribution in [0.2, 0.25) is 0 Å². The zero-order valence-electron chi connectivity index (χ0n) is 14.4. The van der Waals surface area contributed by atoms with Crippen LogP contribution in [0, 0.1) is 6.92 Å². The highest BCUT2D eigenvalue weighted by Crippen LogP contribution is 2.26. The summed E-state index contributed by atoms with van der Waals surface area (Å²) in [5.41, 5.74) is 2.09. The summed E-state index contributed by atoms with van der Waals surface area (Å²) in [5.74, 6) is 1.72. The number of carbonyl (C=O) groups excluding carboxylic acids is 1. The Labute approximate surface area is 149 Å². The number of hydrogen-bond acceptors (Lipinski definition) is 6. The molecule has 1 saturated heterocycles. The van der Waals surface area contributed by atoms with Crippen molar-refractivity contribution in [3.63, 3.8) is 0 Å². The highest BCUT2D eigenvalue weighted by atomic mass is 16.5. The van der Waals surface area contributed by atoms with Crippen molar-refractivity contribution in [3.05, 3.63) is 30.9 Å². The van der Waals surface area contributed by atoms with Crippen LogP contribution in [-0.4, -0.2) is 60.1 Å². The highest BCUT2D eigenvalue weighted by molar-refractivity contribution is 5.88. The molecular weight excluding hydrogens is 334 g/mol. The Hall–Kier alpha value is -3.23. The van der Waals surface area contributed by atoms with Crippen molar-refractivity contribution in [1.29, 1.82) is 0 Å². The number of aryl methyl sites for hydroxylation is 1. The van der Waals surface area contributed by atoms with Crippen LogP contribution >= 0.6 is 0 Å². The molecule has 0 spiro atoms. The molecule has 4 rings (SSSR count). The molecule has 0 radical (unpaired) electrons. The average Bonchev–Trinajstić information content (AvgIpc) is 3.27. The second-order valence-corrected chi connectivity index (χ2v) is 6.20. The first kappa shape index (κ1) is 16.2. The second-order valence-electron chi connectivity index (χ2n) is 6.20. The molecule has 0 bridgehead atoms. The van der Waals surface area contributed by atoms with Crippen molar-refractivity contribution in [2.24, 2.45) is 0 Å². The van der Waals surface area contributed by atoms with Crippen molar-refractivity contribution in [1.82, 2.24) is 35.0 Å². The highest BCUT2D eigenvalue weighted by Gasteiger charge is 2.23. The van der Waals surface area contributed by atoms with E-state index in [4.69, 9.17) is 4.74 Å². The van der Waals surface area contributed by atoms with Gasteiger partial charge in [0.1, 0.15) is 17.4 Å². The van der Waals surface area contributed by atoms with Gasteiger partial charge in [-0.15, -0.1) is 0 Å². The van der Waals surface area contributed by atoms with E-state index in [2.05, 4.69) is 36.7 Å². The van der Waals surface area contributed by atoms with Crippen LogP contribution in [0.3, 0.4) is 0 Å². The molecule has 2 N–H and O–H groups in total. The van der Waals surface area contributed by atoms with Gasteiger partial charge in [0.05, 0.1) is 11.8 Å². The standard InChI is InChI=1S/C17H19N7O2/c1-3-14(25)24-6-4-11(5-7-24)26-13-9-19-17-15(21-13)12(8-18-17)16-20-10(2)22-23-16/h3,8-9,11H,1,4-7H2,2H3,(H,18,19)(H,20,22,23). The smallest absolute Gasteiger partial charge is 0.245 e. The number of piperidine rings is 1. The van der Waals surface area contributed by atoms with Crippen molar-refractivity contribution in [2.45, 2.75) is 25.9 Å². The number of H-pyrrole nitrogens is 2. The Morgan fingerprint density at radius 2 is 2.19 bits per heavy atom. The van der Waals surface area contributed by atoms with E-state index >= 15 is 0 Å². The monoisotopic (exact) mass is 353 g/mol. The van der Waals surface area contributed by atoms with Gasteiger partial charge in [0.2, 0.25) is 11.8 Å². The summed E-state index contributed by atoms with van der Waals surface area (Å²) in [6.45, 7) is 6.67. The Morgan fingerprint density at radius 3 is 2.88 bits per heavy atom. The number of rotatable bonds is 4. The van der Waals surface area contributed by atoms with Gasteiger partial charge in [-0.25, -0.2) is 15.0 Å². The van der Waals surface area contributed by atoms with E-state index in [0.29, 0.717) is 36.0 Å². The number of carbonyl (C=O) groups is 1. The number of nitrogens with one attached hydrogen (secondary N) is 2. The molecule has 0 aliphatic carbocycles. The van der Waals surface area contributed by atoms with E-state index in [-0.39, 0.29) is 12.0 Å². The molecule has 0 unspecified atom stereocenters. The molecule has 0 aromatic carbocycles. The van der Waals surface area contributed by atoms with Gasteiger partial charge < -0.3 is 14.6 Å². The summed E-state index contributed by atoms with van der Waals surface area (Å²) in [6.07, 6.45) is 6.24. The molecule has 0 saturated carbocycles. The molecule has 1 amide bonds. The third-order valence-corrected chi connectivity index (χ3v) is 4.41. The molecule has 0 atom stereocenters. The van der Waals surface area contributed by atoms with Crippen molar-refractivity contribution in [3.8, 4) is 17.3 Å². The van der Waals surface area contributed by atoms with Crippen LogP contribution in [0.15, 0.2) is 25.0 Å². The number of likely N-dealkylation sites (tertiary alicyclic amines) is 1. The molecule has 26 heavy (non-hydrogen) atoms. The summed E-state index contributed by atoms with van der Waals surface area (Å²) in [4.78, 5) is 29.8. The minimum Gasteiger partial charge on any atom is -0.473 e. The summed E-state index contributed by atoms with van der Waals surface area (Å²) in [5, 5.41) is 7.00. The molecule has 4 heterocycles. The third-order valence-electron chi connectivity index (χ3n) is 4.41. The lowest BCUT2D eigenvalue weighted by Gasteiger charge is -2.31. The normalized spacial score (nSPS) is 15.3. The Morgan fingerprint density at radius 1 is 1.38 bits per heavy atom. The number of nitrogens with zero attached hydrogens (tertiary/aromatic N) is 5. The Bertz CT molecular complexity index is 953. The topological polar surface area (TPSA) is 113 Å². The quantitative estimate of drug-likeness (QED) is 0.689. The van der Waals surface area contributed by atoms with Gasteiger partial charge in [-0.1, -0.05) is 6.58 Å². The minimum atomic E-state index is -0.0385. The molecule has 3 aromatic rings. The maximum absolute atomic E-state index is 11.6. The second kappa shape index (κ2) is 6.58. The van der Waals surface area contributed by atoms with Gasteiger partial charge in [-0.05, 0) is 13.0 Å². The van der Waals surface area contributed by atoms with Gasteiger partial charge in [0.25, 0.3) is 0 Å². The van der Waals surface area contributed by atoms with Crippen molar-refractivity contribution in [2.75, 3.05) is 13.1 Å². The molecule has 1 fully saturated rings. The molecule has 3 aromatic heterocycles. The van der Waals surface area contributed by atoms with E-state index in [1.807, 2.05) is 6.92 Å². The maximum atomic E-state index is 11.6.